The van der Waals surface area contributed by atoms with Gasteiger partial charge in [0.05, 0.1) is 12.8 Å². The lowest BCUT2D eigenvalue weighted by Gasteiger charge is -2.00. The molecule has 0 saturated carbocycles. The van der Waals surface area contributed by atoms with Crippen LogP contribution in [0, 0.1) is 0 Å². The highest BCUT2D eigenvalue weighted by Crippen LogP contribution is 2.39. The third-order valence-electron chi connectivity index (χ3n) is 2.08. The van der Waals surface area contributed by atoms with Crippen molar-refractivity contribution >= 4 is 11.9 Å². The van der Waals surface area contributed by atoms with E-state index in [1.54, 1.807) is 0 Å². The van der Waals surface area contributed by atoms with Gasteiger partial charge >= 0.3 is 11.9 Å². The van der Waals surface area contributed by atoms with Crippen molar-refractivity contribution < 1.29 is 19.1 Å². The summed E-state index contributed by atoms with van der Waals surface area (Å²) in [5, 5.41) is 7.58. The molecule has 70 valence electrons. The molecule has 0 N–H and O–H groups in total. The minimum atomic E-state index is -0.398. The number of esters is 2. The molecule has 0 radical (unpaired) electrons. The van der Waals surface area contributed by atoms with E-state index < -0.39 is 11.9 Å². The highest BCUT2D eigenvalue weighted by atomic mass is 16.6. The van der Waals surface area contributed by atoms with Gasteiger partial charge in [-0.15, -0.1) is 0 Å². The number of ether oxygens (including phenoxy) is 2. The molecule has 3 rings (SSSR count). The van der Waals surface area contributed by atoms with Gasteiger partial charge < -0.3 is 9.47 Å². The van der Waals surface area contributed by atoms with Crippen LogP contribution in [0.15, 0.2) is 0 Å². The number of nitrogens with zero attached hydrogens (tertiary/aromatic N) is 2. The molecule has 1 aromatic rings. The third kappa shape index (κ3) is 0.847. The molecule has 6 nitrogen and oxygen atoms in total. The van der Waals surface area contributed by atoms with Gasteiger partial charge in [0.1, 0.15) is 11.4 Å². The zero-order valence-corrected chi connectivity index (χ0v) is 6.94. The van der Waals surface area contributed by atoms with Crippen molar-refractivity contribution in [2.75, 3.05) is 0 Å². The molecule has 0 bridgehead atoms. The normalized spacial score (nSPS) is 17.4. The smallest absolute Gasteiger partial charge is 0.317 e. The van der Waals surface area contributed by atoms with Crippen LogP contribution in [0.2, 0.25) is 0 Å². The number of rotatable bonds is 0. The van der Waals surface area contributed by atoms with Crippen LogP contribution in [0.4, 0.5) is 0 Å². The van der Waals surface area contributed by atoms with Crippen LogP contribution in [0.5, 0.6) is 11.5 Å². The van der Waals surface area contributed by atoms with Crippen molar-refractivity contribution in [2.45, 2.75) is 12.8 Å². The van der Waals surface area contributed by atoms with Crippen molar-refractivity contribution in [3.05, 3.63) is 11.4 Å². The fourth-order valence-corrected chi connectivity index (χ4v) is 1.49. The summed E-state index contributed by atoms with van der Waals surface area (Å²) in [7, 11) is 0. The number of aromatic nitrogens is 2. The maximum Gasteiger partial charge on any atom is 0.317 e. The van der Waals surface area contributed by atoms with Gasteiger partial charge in [-0.1, -0.05) is 0 Å². The number of carbonyl (C=O) groups is 2. The topological polar surface area (TPSA) is 78.4 Å². The number of carbonyl (C=O) groups excluding carboxylic acids is 2. The van der Waals surface area contributed by atoms with E-state index in [-0.39, 0.29) is 24.3 Å². The molecule has 2 aliphatic rings. The minimum absolute atomic E-state index is 0.0904. The second-order valence-electron chi connectivity index (χ2n) is 3.05. The molecule has 0 amide bonds. The molecular weight excluding hydrogens is 188 g/mol. The van der Waals surface area contributed by atoms with Gasteiger partial charge in [-0.3, -0.25) is 9.59 Å². The molecule has 14 heavy (non-hydrogen) atoms. The number of hydrogen-bond acceptors (Lipinski definition) is 6. The molecule has 0 fully saturated rings. The fourth-order valence-electron chi connectivity index (χ4n) is 1.49. The summed E-state index contributed by atoms with van der Waals surface area (Å²) in [4.78, 5) is 21.9. The molecule has 1 aromatic heterocycles. The van der Waals surface area contributed by atoms with Crippen molar-refractivity contribution in [1.29, 1.82) is 0 Å². The van der Waals surface area contributed by atoms with Gasteiger partial charge in [-0.05, 0) is 0 Å². The van der Waals surface area contributed by atoms with Crippen LogP contribution in [0.1, 0.15) is 11.4 Å². The van der Waals surface area contributed by atoms with Crippen molar-refractivity contribution in [2.24, 2.45) is 0 Å². The van der Waals surface area contributed by atoms with Crippen LogP contribution >= 0.6 is 0 Å². The Hall–Kier alpha value is -1.98. The van der Waals surface area contributed by atoms with Crippen LogP contribution in [-0.2, 0) is 22.4 Å². The van der Waals surface area contributed by atoms with Crippen LogP contribution in [0.25, 0.3) is 0 Å². The highest BCUT2D eigenvalue weighted by molar-refractivity contribution is 5.86. The van der Waals surface area contributed by atoms with E-state index >= 15 is 0 Å². The summed E-state index contributed by atoms with van der Waals surface area (Å²) in [6, 6.07) is 0. The van der Waals surface area contributed by atoms with Crippen LogP contribution < -0.4 is 9.47 Å². The van der Waals surface area contributed by atoms with Crippen molar-refractivity contribution in [3.63, 3.8) is 0 Å². The first-order valence-electron chi connectivity index (χ1n) is 4.04. The molecule has 0 atom stereocenters. The first-order valence-corrected chi connectivity index (χ1v) is 4.04. The Bertz CT molecular complexity index is 426. The molecule has 0 unspecified atom stereocenters. The SMILES string of the molecule is O=C1Cc2nnc3c(c2O1)OC(=O)C3. The van der Waals surface area contributed by atoms with E-state index in [1.807, 2.05) is 0 Å². The molecule has 0 aromatic carbocycles. The van der Waals surface area contributed by atoms with E-state index in [0.717, 1.165) is 0 Å². The quantitative estimate of drug-likeness (QED) is 0.510. The molecule has 3 heterocycles. The summed E-state index contributed by atoms with van der Waals surface area (Å²) in [5.41, 5.74) is 0.868. The van der Waals surface area contributed by atoms with E-state index in [1.165, 1.54) is 0 Å². The van der Waals surface area contributed by atoms with Crippen molar-refractivity contribution in [1.82, 2.24) is 10.2 Å². The Morgan fingerprint density at radius 2 is 1.29 bits per heavy atom. The fraction of sp³-hybridized carbons (Fsp3) is 0.250. The Balaban J connectivity index is 2.19. The zero-order chi connectivity index (χ0) is 9.71. The zero-order valence-electron chi connectivity index (χ0n) is 6.94. The minimum Gasteiger partial charge on any atom is -0.420 e. The number of fused-ring (bicyclic) bond motifs is 3. The van der Waals surface area contributed by atoms with Crippen molar-refractivity contribution in [3.8, 4) is 11.5 Å². The standard InChI is InChI=1S/C8H4N2O4/c11-5-1-3-7(13-5)8-4(10-9-3)2-6(12)14-8/h1-2H2. The average Bonchev–Trinajstić information content (AvgIpc) is 2.65. The second-order valence-corrected chi connectivity index (χ2v) is 3.05. The summed E-state index contributed by atoms with van der Waals surface area (Å²) >= 11 is 0. The molecule has 6 heteroatoms. The second kappa shape index (κ2) is 2.28. The predicted molar refractivity (Wildman–Crippen MR) is 40.7 cm³/mol. The van der Waals surface area contributed by atoms with Gasteiger partial charge in [-0.2, -0.15) is 10.2 Å². The van der Waals surface area contributed by atoms with E-state index in [2.05, 4.69) is 10.2 Å². The summed E-state index contributed by atoms with van der Waals surface area (Å²) in [6.07, 6.45) is 0.181. The van der Waals surface area contributed by atoms with E-state index in [9.17, 15) is 9.59 Å². The number of hydrogen-bond donors (Lipinski definition) is 0. The predicted octanol–water partition coefficient (Wildman–Crippen LogP) is -0.600. The van der Waals surface area contributed by atoms with Gasteiger partial charge in [0.2, 0.25) is 0 Å². The first-order chi connectivity index (χ1) is 6.74. The monoisotopic (exact) mass is 192 g/mol. The highest BCUT2D eigenvalue weighted by Gasteiger charge is 2.34. The van der Waals surface area contributed by atoms with Gasteiger partial charge in [0.25, 0.3) is 0 Å². The van der Waals surface area contributed by atoms with Crippen LogP contribution in [0.3, 0.4) is 0 Å². The lowest BCUT2D eigenvalue weighted by atomic mass is 10.2. The van der Waals surface area contributed by atoms with Crippen LogP contribution in [-0.4, -0.2) is 22.1 Å². The van der Waals surface area contributed by atoms with E-state index in [0.29, 0.717) is 11.4 Å². The molecule has 0 spiro atoms. The maximum atomic E-state index is 11.0. The van der Waals surface area contributed by atoms with Gasteiger partial charge in [0.15, 0.2) is 11.5 Å². The molecule has 0 aliphatic carbocycles. The maximum absolute atomic E-state index is 11.0. The molecule has 0 saturated heterocycles. The largest absolute Gasteiger partial charge is 0.420 e. The Kier molecular flexibility index (Phi) is 1.21. The lowest BCUT2D eigenvalue weighted by Crippen LogP contribution is -2.03. The first kappa shape index (κ1) is 7.43. The molecular formula is C8H4N2O4. The molecule has 2 aliphatic heterocycles. The van der Waals surface area contributed by atoms with Gasteiger partial charge in [-0.25, -0.2) is 0 Å². The average molecular weight is 192 g/mol. The Morgan fingerprint density at radius 1 is 0.857 bits per heavy atom. The summed E-state index contributed by atoms with van der Waals surface area (Å²) in [5.74, 6) is -0.284. The third-order valence-corrected chi connectivity index (χ3v) is 2.08. The van der Waals surface area contributed by atoms with E-state index in [4.69, 9.17) is 9.47 Å². The summed E-state index contributed by atoms with van der Waals surface area (Å²) < 4.78 is 9.76. The van der Waals surface area contributed by atoms with Gasteiger partial charge in [0, 0.05) is 0 Å². The summed E-state index contributed by atoms with van der Waals surface area (Å²) in [6.45, 7) is 0. The lowest BCUT2D eigenvalue weighted by molar-refractivity contribution is -0.134. The Morgan fingerprint density at radius 3 is 1.71 bits per heavy atom. The Labute approximate surface area is 77.8 Å².